The standard InChI is InChI=1S/C12H18O2/c1-11(2,13)9-12(3,14)10-7-5-4-6-8-10/h4-8,13-14H,9H2,1-3H3. The summed E-state index contributed by atoms with van der Waals surface area (Å²) in [4.78, 5) is 0. The molecular weight excluding hydrogens is 176 g/mol. The van der Waals surface area contributed by atoms with E-state index in [1.165, 1.54) is 0 Å². The lowest BCUT2D eigenvalue weighted by atomic mass is 9.85. The van der Waals surface area contributed by atoms with Gasteiger partial charge in [0.1, 0.15) is 0 Å². The van der Waals surface area contributed by atoms with Crippen molar-refractivity contribution in [2.75, 3.05) is 0 Å². The van der Waals surface area contributed by atoms with Crippen molar-refractivity contribution in [3.05, 3.63) is 35.9 Å². The Hall–Kier alpha value is -0.860. The van der Waals surface area contributed by atoms with E-state index in [0.29, 0.717) is 6.42 Å². The van der Waals surface area contributed by atoms with Gasteiger partial charge in [0.15, 0.2) is 0 Å². The van der Waals surface area contributed by atoms with Crippen molar-refractivity contribution in [2.45, 2.75) is 38.4 Å². The van der Waals surface area contributed by atoms with E-state index in [2.05, 4.69) is 0 Å². The van der Waals surface area contributed by atoms with Crippen molar-refractivity contribution in [1.29, 1.82) is 0 Å². The normalized spacial score (nSPS) is 16.4. The fourth-order valence-corrected chi connectivity index (χ4v) is 1.74. The van der Waals surface area contributed by atoms with Crippen LogP contribution >= 0.6 is 0 Å². The molecule has 2 N–H and O–H groups in total. The van der Waals surface area contributed by atoms with Crippen molar-refractivity contribution in [1.82, 2.24) is 0 Å². The van der Waals surface area contributed by atoms with Gasteiger partial charge in [-0.05, 0) is 26.3 Å². The Morgan fingerprint density at radius 1 is 1.00 bits per heavy atom. The predicted octanol–water partition coefficient (Wildman–Crippen LogP) is 2.06. The van der Waals surface area contributed by atoms with Crippen LogP contribution in [0.25, 0.3) is 0 Å². The van der Waals surface area contributed by atoms with Crippen molar-refractivity contribution in [3.8, 4) is 0 Å². The van der Waals surface area contributed by atoms with Gasteiger partial charge in [-0.3, -0.25) is 0 Å². The highest BCUT2D eigenvalue weighted by molar-refractivity contribution is 5.21. The molecule has 0 aromatic heterocycles. The third-order valence-corrected chi connectivity index (χ3v) is 2.17. The van der Waals surface area contributed by atoms with E-state index in [0.717, 1.165) is 5.56 Å². The number of rotatable bonds is 3. The fourth-order valence-electron chi connectivity index (χ4n) is 1.74. The Morgan fingerprint density at radius 3 is 1.93 bits per heavy atom. The average Bonchev–Trinajstić information content (AvgIpc) is 2.01. The summed E-state index contributed by atoms with van der Waals surface area (Å²) in [5, 5.41) is 19.8. The second kappa shape index (κ2) is 3.71. The van der Waals surface area contributed by atoms with Gasteiger partial charge < -0.3 is 10.2 Å². The van der Waals surface area contributed by atoms with Crippen molar-refractivity contribution in [3.63, 3.8) is 0 Å². The fraction of sp³-hybridized carbons (Fsp3) is 0.500. The summed E-state index contributed by atoms with van der Waals surface area (Å²) in [5.41, 5.74) is -0.999. The molecule has 1 aromatic carbocycles. The van der Waals surface area contributed by atoms with E-state index in [9.17, 15) is 10.2 Å². The maximum absolute atomic E-state index is 10.2. The second-order valence-corrected chi connectivity index (χ2v) is 4.63. The van der Waals surface area contributed by atoms with Crippen LogP contribution in [-0.4, -0.2) is 15.8 Å². The zero-order valence-corrected chi connectivity index (χ0v) is 8.99. The molecule has 0 saturated heterocycles. The summed E-state index contributed by atoms with van der Waals surface area (Å²) in [7, 11) is 0. The molecule has 1 rings (SSSR count). The molecule has 0 saturated carbocycles. The zero-order valence-electron chi connectivity index (χ0n) is 8.99. The summed E-state index contributed by atoms with van der Waals surface area (Å²) in [6, 6.07) is 9.41. The first-order valence-corrected chi connectivity index (χ1v) is 4.82. The SMILES string of the molecule is CC(C)(O)CC(C)(O)c1ccccc1. The summed E-state index contributed by atoms with van der Waals surface area (Å²) >= 11 is 0. The van der Waals surface area contributed by atoms with Crippen LogP contribution in [0.4, 0.5) is 0 Å². The number of benzene rings is 1. The van der Waals surface area contributed by atoms with Crippen LogP contribution in [0.15, 0.2) is 30.3 Å². The van der Waals surface area contributed by atoms with Crippen LogP contribution in [0.1, 0.15) is 32.8 Å². The number of aliphatic hydroxyl groups is 2. The van der Waals surface area contributed by atoms with Crippen molar-refractivity contribution >= 4 is 0 Å². The predicted molar refractivity (Wildman–Crippen MR) is 56.9 cm³/mol. The Morgan fingerprint density at radius 2 is 1.50 bits per heavy atom. The molecular formula is C12H18O2. The molecule has 14 heavy (non-hydrogen) atoms. The summed E-state index contributed by atoms with van der Waals surface area (Å²) in [5.74, 6) is 0. The van der Waals surface area contributed by atoms with E-state index in [1.54, 1.807) is 20.8 Å². The molecule has 0 radical (unpaired) electrons. The average molecular weight is 194 g/mol. The van der Waals surface area contributed by atoms with E-state index < -0.39 is 11.2 Å². The van der Waals surface area contributed by atoms with Gasteiger partial charge in [0, 0.05) is 6.42 Å². The topological polar surface area (TPSA) is 40.5 Å². The van der Waals surface area contributed by atoms with Gasteiger partial charge in [-0.25, -0.2) is 0 Å². The molecule has 0 amide bonds. The Bertz CT molecular complexity index is 283. The zero-order chi connectivity index (χ0) is 10.8. The number of hydrogen-bond donors (Lipinski definition) is 2. The molecule has 0 aliphatic carbocycles. The molecule has 2 heteroatoms. The van der Waals surface area contributed by atoms with Crippen LogP contribution in [0.3, 0.4) is 0 Å². The Kier molecular flexibility index (Phi) is 2.98. The first kappa shape index (κ1) is 11.2. The lowest BCUT2D eigenvalue weighted by molar-refractivity contribution is -0.0390. The van der Waals surface area contributed by atoms with Gasteiger partial charge in [0.25, 0.3) is 0 Å². The second-order valence-electron chi connectivity index (χ2n) is 4.63. The van der Waals surface area contributed by atoms with E-state index in [-0.39, 0.29) is 0 Å². The smallest absolute Gasteiger partial charge is 0.0895 e. The van der Waals surface area contributed by atoms with Crippen LogP contribution in [0.5, 0.6) is 0 Å². The third-order valence-electron chi connectivity index (χ3n) is 2.17. The number of hydrogen-bond acceptors (Lipinski definition) is 2. The Balaban J connectivity index is 2.86. The molecule has 2 nitrogen and oxygen atoms in total. The van der Waals surface area contributed by atoms with Gasteiger partial charge in [-0.15, -0.1) is 0 Å². The van der Waals surface area contributed by atoms with Crippen LogP contribution in [0, 0.1) is 0 Å². The van der Waals surface area contributed by atoms with Gasteiger partial charge >= 0.3 is 0 Å². The van der Waals surface area contributed by atoms with Gasteiger partial charge in [0.05, 0.1) is 11.2 Å². The Labute approximate surface area is 85.2 Å². The minimum Gasteiger partial charge on any atom is -0.390 e. The summed E-state index contributed by atoms with van der Waals surface area (Å²) in [6.07, 6.45) is 0.323. The molecule has 0 aliphatic rings. The first-order valence-electron chi connectivity index (χ1n) is 4.82. The van der Waals surface area contributed by atoms with E-state index in [4.69, 9.17) is 0 Å². The van der Waals surface area contributed by atoms with Crippen LogP contribution < -0.4 is 0 Å². The van der Waals surface area contributed by atoms with Gasteiger partial charge in [-0.2, -0.15) is 0 Å². The maximum atomic E-state index is 10.2. The molecule has 0 fully saturated rings. The highest BCUT2D eigenvalue weighted by Crippen LogP contribution is 2.29. The minimum atomic E-state index is -0.973. The molecule has 0 aliphatic heterocycles. The molecule has 0 heterocycles. The molecule has 0 spiro atoms. The van der Waals surface area contributed by atoms with Gasteiger partial charge in [0.2, 0.25) is 0 Å². The lowest BCUT2D eigenvalue weighted by Gasteiger charge is -2.30. The highest BCUT2D eigenvalue weighted by Gasteiger charge is 2.30. The monoisotopic (exact) mass is 194 g/mol. The quantitative estimate of drug-likeness (QED) is 0.773. The first-order chi connectivity index (χ1) is 6.31. The largest absolute Gasteiger partial charge is 0.390 e. The van der Waals surface area contributed by atoms with Gasteiger partial charge in [-0.1, -0.05) is 30.3 Å². The minimum absolute atomic E-state index is 0.323. The molecule has 1 aromatic rings. The highest BCUT2D eigenvalue weighted by atomic mass is 16.3. The lowest BCUT2D eigenvalue weighted by Crippen LogP contribution is -2.33. The molecule has 1 atom stereocenters. The van der Waals surface area contributed by atoms with E-state index in [1.807, 2.05) is 30.3 Å². The summed E-state index contributed by atoms with van der Waals surface area (Å²) in [6.45, 7) is 5.12. The molecule has 1 unspecified atom stereocenters. The van der Waals surface area contributed by atoms with Crippen molar-refractivity contribution < 1.29 is 10.2 Å². The molecule has 78 valence electrons. The van der Waals surface area contributed by atoms with Crippen LogP contribution in [0.2, 0.25) is 0 Å². The molecule has 0 bridgehead atoms. The van der Waals surface area contributed by atoms with Crippen LogP contribution in [-0.2, 0) is 5.60 Å². The van der Waals surface area contributed by atoms with Crippen molar-refractivity contribution in [2.24, 2.45) is 0 Å². The summed E-state index contributed by atoms with van der Waals surface area (Å²) < 4.78 is 0. The van der Waals surface area contributed by atoms with E-state index >= 15 is 0 Å². The third kappa shape index (κ3) is 3.13. The maximum Gasteiger partial charge on any atom is 0.0895 e.